The molecule has 1 aliphatic heterocycles. The van der Waals surface area contributed by atoms with Crippen LogP contribution in [0.3, 0.4) is 0 Å². The lowest BCUT2D eigenvalue weighted by atomic mass is 10.1. The first-order valence-electron chi connectivity index (χ1n) is 7.43. The van der Waals surface area contributed by atoms with E-state index in [-0.39, 0.29) is 5.91 Å². The van der Waals surface area contributed by atoms with E-state index in [1.807, 2.05) is 16.8 Å². The van der Waals surface area contributed by atoms with E-state index >= 15 is 0 Å². The standard InChI is InChI=1S/C15H23N3O3/c1-3-12(15(20)21)17(2)14(19)13-5-4-10-18(13)11-6-8-16-9-7-11/h4-5,10-12,16H,3,6-9H2,1-2H3,(H,20,21). The molecule has 2 heterocycles. The first kappa shape index (κ1) is 15.6. The minimum absolute atomic E-state index is 0.229. The number of nitrogens with zero attached hydrogens (tertiary/aromatic N) is 2. The number of carboxylic acids is 1. The Labute approximate surface area is 124 Å². The van der Waals surface area contributed by atoms with Crippen LogP contribution in [0.4, 0.5) is 0 Å². The number of piperidine rings is 1. The quantitative estimate of drug-likeness (QED) is 0.859. The number of hydrogen-bond donors (Lipinski definition) is 2. The molecule has 0 radical (unpaired) electrons. The maximum Gasteiger partial charge on any atom is 0.326 e. The van der Waals surface area contributed by atoms with Crippen LogP contribution in [-0.4, -0.2) is 52.6 Å². The van der Waals surface area contributed by atoms with Crippen molar-refractivity contribution in [1.82, 2.24) is 14.8 Å². The summed E-state index contributed by atoms with van der Waals surface area (Å²) in [6.45, 7) is 3.66. The molecule has 0 bridgehead atoms. The van der Waals surface area contributed by atoms with Crippen molar-refractivity contribution >= 4 is 11.9 Å². The molecule has 0 spiro atoms. The molecule has 2 N–H and O–H groups in total. The Morgan fingerprint density at radius 2 is 2.14 bits per heavy atom. The van der Waals surface area contributed by atoms with Gasteiger partial charge in [-0.2, -0.15) is 0 Å². The number of carbonyl (C=O) groups is 2. The number of carbonyl (C=O) groups excluding carboxylic acids is 1. The van der Waals surface area contributed by atoms with Crippen molar-refractivity contribution < 1.29 is 14.7 Å². The molecular formula is C15H23N3O3. The van der Waals surface area contributed by atoms with Crippen LogP contribution >= 0.6 is 0 Å². The van der Waals surface area contributed by atoms with E-state index in [2.05, 4.69) is 5.32 Å². The zero-order valence-electron chi connectivity index (χ0n) is 12.6. The van der Waals surface area contributed by atoms with Crippen molar-refractivity contribution in [1.29, 1.82) is 0 Å². The van der Waals surface area contributed by atoms with Gasteiger partial charge in [-0.15, -0.1) is 0 Å². The highest BCUT2D eigenvalue weighted by Crippen LogP contribution is 2.22. The van der Waals surface area contributed by atoms with Crippen LogP contribution in [0.25, 0.3) is 0 Å². The van der Waals surface area contributed by atoms with Crippen molar-refractivity contribution in [2.75, 3.05) is 20.1 Å². The van der Waals surface area contributed by atoms with Gasteiger partial charge < -0.3 is 19.9 Å². The highest BCUT2D eigenvalue weighted by atomic mass is 16.4. The number of likely N-dealkylation sites (N-methyl/N-ethyl adjacent to an activating group) is 1. The van der Waals surface area contributed by atoms with Crippen LogP contribution in [0.1, 0.15) is 42.7 Å². The van der Waals surface area contributed by atoms with Crippen molar-refractivity contribution in [3.8, 4) is 0 Å². The fraction of sp³-hybridized carbons (Fsp3) is 0.600. The average Bonchev–Trinajstić information content (AvgIpc) is 2.97. The maximum atomic E-state index is 12.6. The minimum atomic E-state index is -0.965. The Bertz CT molecular complexity index is 506. The summed E-state index contributed by atoms with van der Waals surface area (Å²) in [7, 11) is 1.56. The van der Waals surface area contributed by atoms with Crippen molar-refractivity contribution in [2.24, 2.45) is 0 Å². The summed E-state index contributed by atoms with van der Waals surface area (Å²) >= 11 is 0. The smallest absolute Gasteiger partial charge is 0.326 e. The first-order valence-corrected chi connectivity index (χ1v) is 7.43. The Morgan fingerprint density at radius 3 is 2.71 bits per heavy atom. The van der Waals surface area contributed by atoms with E-state index in [0.29, 0.717) is 18.2 Å². The highest BCUT2D eigenvalue weighted by Gasteiger charge is 2.28. The van der Waals surface area contributed by atoms with Crippen LogP contribution in [0.5, 0.6) is 0 Å². The van der Waals surface area contributed by atoms with Gasteiger partial charge in [0.25, 0.3) is 5.91 Å². The van der Waals surface area contributed by atoms with Crippen LogP contribution in [-0.2, 0) is 4.79 Å². The zero-order chi connectivity index (χ0) is 15.4. The fourth-order valence-electron chi connectivity index (χ4n) is 2.91. The third-order valence-corrected chi connectivity index (χ3v) is 4.16. The molecule has 1 aromatic rings. The number of aromatic nitrogens is 1. The largest absolute Gasteiger partial charge is 0.480 e. The predicted octanol–water partition coefficient (Wildman–Crippen LogP) is 1.35. The molecule has 1 atom stereocenters. The van der Waals surface area contributed by atoms with Crippen molar-refractivity contribution in [3.05, 3.63) is 24.0 Å². The van der Waals surface area contributed by atoms with Gasteiger partial charge in [0.15, 0.2) is 0 Å². The third-order valence-electron chi connectivity index (χ3n) is 4.16. The van der Waals surface area contributed by atoms with Gasteiger partial charge in [-0.1, -0.05) is 6.92 Å². The SMILES string of the molecule is CCC(C(=O)O)N(C)C(=O)c1cccn1C1CCNCC1. The van der Waals surface area contributed by atoms with Gasteiger partial charge >= 0.3 is 5.97 Å². The normalized spacial score (nSPS) is 17.4. The Balaban J connectivity index is 2.19. The number of aliphatic carboxylic acids is 1. The number of rotatable bonds is 5. The number of amides is 1. The van der Waals surface area contributed by atoms with E-state index in [1.54, 1.807) is 20.0 Å². The second-order valence-corrected chi connectivity index (χ2v) is 5.46. The molecule has 0 aliphatic carbocycles. The number of carboxylic acid groups (broad SMARTS) is 1. The van der Waals surface area contributed by atoms with Gasteiger partial charge in [-0.05, 0) is 44.5 Å². The molecule has 21 heavy (non-hydrogen) atoms. The highest BCUT2D eigenvalue weighted by molar-refractivity contribution is 5.95. The van der Waals surface area contributed by atoms with E-state index in [4.69, 9.17) is 0 Å². The van der Waals surface area contributed by atoms with E-state index in [9.17, 15) is 14.7 Å². The average molecular weight is 293 g/mol. The summed E-state index contributed by atoms with van der Waals surface area (Å²) in [5.74, 6) is -1.19. The molecule has 1 unspecified atom stereocenters. The van der Waals surface area contributed by atoms with Crippen LogP contribution in [0.15, 0.2) is 18.3 Å². The van der Waals surface area contributed by atoms with Crippen LogP contribution in [0, 0.1) is 0 Å². The van der Waals surface area contributed by atoms with Gasteiger partial charge in [0, 0.05) is 19.3 Å². The summed E-state index contributed by atoms with van der Waals surface area (Å²) in [5.41, 5.74) is 0.573. The molecule has 1 aromatic heterocycles. The lowest BCUT2D eigenvalue weighted by Gasteiger charge is -2.28. The molecule has 0 saturated carbocycles. The van der Waals surface area contributed by atoms with Crippen molar-refractivity contribution in [2.45, 2.75) is 38.3 Å². The van der Waals surface area contributed by atoms with Gasteiger partial charge in [0.2, 0.25) is 0 Å². The van der Waals surface area contributed by atoms with Gasteiger partial charge in [0.1, 0.15) is 11.7 Å². The fourth-order valence-corrected chi connectivity index (χ4v) is 2.91. The van der Waals surface area contributed by atoms with Gasteiger partial charge in [-0.3, -0.25) is 4.79 Å². The van der Waals surface area contributed by atoms with Gasteiger partial charge in [0.05, 0.1) is 0 Å². The summed E-state index contributed by atoms with van der Waals surface area (Å²) in [6, 6.07) is 3.15. The second-order valence-electron chi connectivity index (χ2n) is 5.46. The number of nitrogens with one attached hydrogen (secondary N) is 1. The molecule has 1 amide bonds. The second kappa shape index (κ2) is 6.76. The maximum absolute atomic E-state index is 12.6. The lowest BCUT2D eigenvalue weighted by Crippen LogP contribution is -2.43. The monoisotopic (exact) mass is 293 g/mol. The molecule has 6 heteroatoms. The van der Waals surface area contributed by atoms with Crippen LogP contribution < -0.4 is 5.32 Å². The summed E-state index contributed by atoms with van der Waals surface area (Å²) in [4.78, 5) is 25.2. The molecule has 1 fully saturated rings. The molecule has 6 nitrogen and oxygen atoms in total. The molecule has 1 aliphatic rings. The Morgan fingerprint density at radius 1 is 1.48 bits per heavy atom. The zero-order valence-corrected chi connectivity index (χ0v) is 12.6. The summed E-state index contributed by atoms with van der Waals surface area (Å²) < 4.78 is 1.99. The number of hydrogen-bond acceptors (Lipinski definition) is 3. The lowest BCUT2D eigenvalue weighted by molar-refractivity contribution is -0.142. The predicted molar refractivity (Wildman–Crippen MR) is 79.4 cm³/mol. The summed E-state index contributed by atoms with van der Waals surface area (Å²) in [5, 5.41) is 12.5. The molecule has 116 valence electrons. The Kier molecular flexibility index (Phi) is 5.01. The van der Waals surface area contributed by atoms with E-state index < -0.39 is 12.0 Å². The molecule has 0 aromatic carbocycles. The van der Waals surface area contributed by atoms with Crippen molar-refractivity contribution in [3.63, 3.8) is 0 Å². The molecule has 2 rings (SSSR count). The van der Waals surface area contributed by atoms with Crippen LogP contribution in [0.2, 0.25) is 0 Å². The first-order chi connectivity index (χ1) is 10.1. The third kappa shape index (κ3) is 3.26. The van der Waals surface area contributed by atoms with E-state index in [1.165, 1.54) is 4.90 Å². The van der Waals surface area contributed by atoms with E-state index in [0.717, 1.165) is 25.9 Å². The molecular weight excluding hydrogens is 270 g/mol. The topological polar surface area (TPSA) is 74.6 Å². The molecule has 1 saturated heterocycles. The summed E-state index contributed by atoms with van der Waals surface area (Å²) in [6.07, 6.45) is 4.27. The minimum Gasteiger partial charge on any atom is -0.480 e. The van der Waals surface area contributed by atoms with Gasteiger partial charge in [-0.25, -0.2) is 4.79 Å². The Hall–Kier alpha value is -1.82.